The van der Waals surface area contributed by atoms with Gasteiger partial charge in [-0.05, 0) is 37.5 Å². The number of hydrogen-bond acceptors (Lipinski definition) is 3. The summed E-state index contributed by atoms with van der Waals surface area (Å²) in [5.41, 5.74) is 0.902. The van der Waals surface area contributed by atoms with Crippen molar-refractivity contribution in [1.82, 2.24) is 20.1 Å². The molecule has 1 aliphatic carbocycles. The molecular weight excluding hydrogens is 259 g/mol. The van der Waals surface area contributed by atoms with Crippen LogP contribution in [0.1, 0.15) is 34.8 Å². The van der Waals surface area contributed by atoms with Crippen LogP contribution in [-0.4, -0.2) is 32.0 Å². The zero-order valence-corrected chi connectivity index (χ0v) is 11.1. The van der Waals surface area contributed by atoms with Crippen molar-refractivity contribution in [2.75, 3.05) is 0 Å². The van der Waals surface area contributed by atoms with E-state index in [-0.39, 0.29) is 23.6 Å². The first-order valence-corrected chi connectivity index (χ1v) is 6.58. The fraction of sp³-hybridized carbons (Fsp3) is 0.357. The van der Waals surface area contributed by atoms with Crippen molar-refractivity contribution in [3.8, 4) is 0 Å². The number of aromatic amines is 1. The molecule has 1 heterocycles. The van der Waals surface area contributed by atoms with Gasteiger partial charge in [0.15, 0.2) is 0 Å². The van der Waals surface area contributed by atoms with Gasteiger partial charge in [0.2, 0.25) is 5.82 Å². The molecule has 3 rings (SSSR count). The van der Waals surface area contributed by atoms with Gasteiger partial charge in [-0.25, -0.2) is 9.37 Å². The fourth-order valence-electron chi connectivity index (χ4n) is 2.11. The number of hydrogen-bond donors (Lipinski definition) is 1. The minimum atomic E-state index is -0.275. The van der Waals surface area contributed by atoms with Crippen LogP contribution >= 0.6 is 0 Å². The molecule has 104 valence electrons. The molecule has 1 N–H and O–H groups in total. The van der Waals surface area contributed by atoms with Crippen molar-refractivity contribution < 1.29 is 9.18 Å². The summed E-state index contributed by atoms with van der Waals surface area (Å²) in [5.74, 6) is 0.353. The van der Waals surface area contributed by atoms with Gasteiger partial charge in [-0.1, -0.05) is 12.1 Å². The lowest BCUT2D eigenvalue weighted by molar-refractivity contribution is 0.0718. The first-order valence-electron chi connectivity index (χ1n) is 6.58. The molecule has 0 saturated heterocycles. The summed E-state index contributed by atoms with van der Waals surface area (Å²) in [6.07, 6.45) is 1.99. The van der Waals surface area contributed by atoms with E-state index in [1.54, 1.807) is 24.0 Å². The van der Waals surface area contributed by atoms with Gasteiger partial charge in [0, 0.05) is 12.6 Å². The van der Waals surface area contributed by atoms with E-state index < -0.39 is 0 Å². The minimum absolute atomic E-state index is 0.179. The number of H-pyrrole nitrogens is 1. The number of nitrogens with one attached hydrogen (secondary N) is 1. The molecule has 0 radical (unpaired) electrons. The lowest BCUT2D eigenvalue weighted by Crippen LogP contribution is -2.33. The molecule has 20 heavy (non-hydrogen) atoms. The van der Waals surface area contributed by atoms with Crippen molar-refractivity contribution in [2.45, 2.75) is 32.4 Å². The molecule has 1 fully saturated rings. The normalized spacial score (nSPS) is 14.3. The lowest BCUT2D eigenvalue weighted by atomic mass is 10.2. The van der Waals surface area contributed by atoms with Gasteiger partial charge in [-0.3, -0.25) is 9.89 Å². The largest absolute Gasteiger partial charge is 0.329 e. The van der Waals surface area contributed by atoms with Gasteiger partial charge in [0.25, 0.3) is 5.91 Å². The lowest BCUT2D eigenvalue weighted by Gasteiger charge is -2.21. The quantitative estimate of drug-likeness (QED) is 0.928. The number of rotatable bonds is 4. The van der Waals surface area contributed by atoms with Gasteiger partial charge in [-0.15, -0.1) is 5.10 Å². The Morgan fingerprint density at radius 2 is 2.10 bits per heavy atom. The van der Waals surface area contributed by atoms with E-state index in [0.29, 0.717) is 12.4 Å². The predicted octanol–water partition coefficient (Wildman–Crippen LogP) is 2.06. The van der Waals surface area contributed by atoms with E-state index in [1.807, 2.05) is 0 Å². The molecular formula is C14H15FN4O. The number of carbonyl (C=O) groups excluding carboxylic acids is 1. The monoisotopic (exact) mass is 274 g/mol. The van der Waals surface area contributed by atoms with Crippen molar-refractivity contribution in [1.29, 1.82) is 0 Å². The average molecular weight is 274 g/mol. The zero-order chi connectivity index (χ0) is 14.1. The van der Waals surface area contributed by atoms with E-state index >= 15 is 0 Å². The van der Waals surface area contributed by atoms with Crippen LogP contribution in [0.4, 0.5) is 4.39 Å². The van der Waals surface area contributed by atoms with Crippen LogP contribution in [0, 0.1) is 12.7 Å². The Morgan fingerprint density at radius 3 is 2.65 bits per heavy atom. The summed E-state index contributed by atoms with van der Waals surface area (Å²) in [6.45, 7) is 2.21. The van der Waals surface area contributed by atoms with E-state index in [2.05, 4.69) is 15.2 Å². The first kappa shape index (κ1) is 12.8. The Kier molecular flexibility index (Phi) is 3.22. The molecule has 0 bridgehead atoms. The Balaban J connectivity index is 1.79. The van der Waals surface area contributed by atoms with Crippen molar-refractivity contribution >= 4 is 5.91 Å². The summed E-state index contributed by atoms with van der Waals surface area (Å²) in [6, 6.07) is 6.44. The van der Waals surface area contributed by atoms with Crippen LogP contribution in [0.5, 0.6) is 0 Å². The summed E-state index contributed by atoms with van der Waals surface area (Å²) >= 11 is 0. The Hall–Kier alpha value is -2.24. The first-order chi connectivity index (χ1) is 9.63. The molecule has 1 aromatic heterocycles. The smallest absolute Gasteiger partial charge is 0.294 e. The number of benzene rings is 1. The average Bonchev–Trinajstić information content (AvgIpc) is 3.19. The van der Waals surface area contributed by atoms with Crippen LogP contribution < -0.4 is 0 Å². The number of aryl methyl sites for hydroxylation is 1. The van der Waals surface area contributed by atoms with Crippen LogP contribution in [0.3, 0.4) is 0 Å². The number of amides is 1. The molecule has 2 aromatic rings. The highest BCUT2D eigenvalue weighted by atomic mass is 19.1. The Labute approximate surface area is 115 Å². The molecule has 0 aliphatic heterocycles. The van der Waals surface area contributed by atoms with Crippen LogP contribution in [-0.2, 0) is 6.54 Å². The summed E-state index contributed by atoms with van der Waals surface area (Å²) in [7, 11) is 0. The SMILES string of the molecule is Cc1nc(C(=O)N(Cc2ccc(F)cc2)C2CC2)n[nH]1. The van der Waals surface area contributed by atoms with Gasteiger partial charge in [0.1, 0.15) is 11.6 Å². The molecule has 1 aliphatic rings. The molecule has 1 amide bonds. The van der Waals surface area contributed by atoms with Gasteiger partial charge in [-0.2, -0.15) is 0 Å². The van der Waals surface area contributed by atoms with E-state index in [1.165, 1.54) is 12.1 Å². The fourth-order valence-corrected chi connectivity index (χ4v) is 2.11. The molecule has 0 unspecified atom stereocenters. The molecule has 6 heteroatoms. The third-order valence-corrected chi connectivity index (χ3v) is 3.30. The van der Waals surface area contributed by atoms with E-state index in [0.717, 1.165) is 18.4 Å². The number of nitrogens with zero attached hydrogens (tertiary/aromatic N) is 3. The molecule has 0 spiro atoms. The minimum Gasteiger partial charge on any atom is -0.329 e. The second kappa shape index (κ2) is 5.03. The van der Waals surface area contributed by atoms with Crippen LogP contribution in [0.25, 0.3) is 0 Å². The van der Waals surface area contributed by atoms with Crippen molar-refractivity contribution in [2.24, 2.45) is 0 Å². The highest BCUT2D eigenvalue weighted by Gasteiger charge is 2.34. The third kappa shape index (κ3) is 2.68. The van der Waals surface area contributed by atoms with Crippen LogP contribution in [0.15, 0.2) is 24.3 Å². The second-order valence-corrected chi connectivity index (χ2v) is 5.04. The van der Waals surface area contributed by atoms with Gasteiger partial charge >= 0.3 is 0 Å². The molecule has 0 atom stereocenters. The maximum atomic E-state index is 12.9. The van der Waals surface area contributed by atoms with E-state index in [4.69, 9.17) is 0 Å². The highest BCUT2D eigenvalue weighted by Crippen LogP contribution is 2.29. The zero-order valence-electron chi connectivity index (χ0n) is 11.1. The number of halogens is 1. The third-order valence-electron chi connectivity index (χ3n) is 3.30. The van der Waals surface area contributed by atoms with Crippen LogP contribution in [0.2, 0.25) is 0 Å². The van der Waals surface area contributed by atoms with Gasteiger partial charge < -0.3 is 4.90 Å². The summed E-state index contributed by atoms with van der Waals surface area (Å²) in [4.78, 5) is 18.3. The van der Waals surface area contributed by atoms with E-state index in [9.17, 15) is 9.18 Å². The number of carbonyl (C=O) groups is 1. The van der Waals surface area contributed by atoms with Crippen molar-refractivity contribution in [3.63, 3.8) is 0 Å². The maximum absolute atomic E-state index is 12.9. The Bertz CT molecular complexity index is 618. The molecule has 1 aromatic carbocycles. The number of aromatic nitrogens is 3. The highest BCUT2D eigenvalue weighted by molar-refractivity contribution is 5.90. The predicted molar refractivity (Wildman–Crippen MR) is 70.4 cm³/mol. The Morgan fingerprint density at radius 1 is 1.40 bits per heavy atom. The molecule has 1 saturated carbocycles. The van der Waals surface area contributed by atoms with Gasteiger partial charge in [0.05, 0.1) is 0 Å². The standard InChI is InChI=1S/C14H15FN4O/c1-9-16-13(18-17-9)14(20)19(12-6-7-12)8-10-2-4-11(15)5-3-10/h2-5,12H,6-8H2,1H3,(H,16,17,18). The molecule has 5 nitrogen and oxygen atoms in total. The van der Waals surface area contributed by atoms with Crippen molar-refractivity contribution in [3.05, 3.63) is 47.3 Å². The maximum Gasteiger partial charge on any atom is 0.294 e. The topological polar surface area (TPSA) is 61.9 Å². The summed E-state index contributed by atoms with van der Waals surface area (Å²) < 4.78 is 12.9. The second-order valence-electron chi connectivity index (χ2n) is 5.04. The summed E-state index contributed by atoms with van der Waals surface area (Å²) in [5, 5.41) is 6.59.